The van der Waals surface area contributed by atoms with Gasteiger partial charge in [0.05, 0.1) is 11.3 Å². The lowest BCUT2D eigenvalue weighted by molar-refractivity contribution is 0.0697. The zero-order chi connectivity index (χ0) is 13.9. The Kier molecular flexibility index (Phi) is 3.21. The van der Waals surface area contributed by atoms with Gasteiger partial charge in [0, 0.05) is 6.42 Å². The fourth-order valence-corrected chi connectivity index (χ4v) is 2.20. The van der Waals surface area contributed by atoms with Gasteiger partial charge in [0.1, 0.15) is 0 Å². The summed E-state index contributed by atoms with van der Waals surface area (Å²) < 4.78 is 0. The zero-order valence-corrected chi connectivity index (χ0v) is 10.7. The molecule has 1 N–H and O–H groups in total. The first-order chi connectivity index (χ1) is 9.74. The van der Waals surface area contributed by atoms with Crippen molar-refractivity contribution in [1.82, 2.24) is 0 Å². The number of oxime groups is 1. The van der Waals surface area contributed by atoms with Crippen LogP contribution in [0.25, 0.3) is 0 Å². The van der Waals surface area contributed by atoms with Gasteiger partial charge in [0.2, 0.25) is 0 Å². The zero-order valence-electron chi connectivity index (χ0n) is 10.7. The summed E-state index contributed by atoms with van der Waals surface area (Å²) >= 11 is 0. The first-order valence-electron chi connectivity index (χ1n) is 6.35. The molecular weight excluding hydrogens is 254 g/mol. The average molecular weight is 267 g/mol. The average Bonchev–Trinajstić information content (AvgIpc) is 2.98. The monoisotopic (exact) mass is 267 g/mol. The topological polar surface area (TPSA) is 58.9 Å². The minimum atomic E-state index is -0.927. The number of carboxylic acids is 1. The minimum Gasteiger partial charge on any atom is -0.478 e. The molecule has 100 valence electrons. The molecule has 0 radical (unpaired) electrons. The van der Waals surface area contributed by atoms with E-state index in [0.717, 1.165) is 16.8 Å². The minimum absolute atomic E-state index is 0.0645. The Hall–Kier alpha value is -2.62. The van der Waals surface area contributed by atoms with Crippen molar-refractivity contribution in [2.45, 2.75) is 12.5 Å². The lowest BCUT2D eigenvalue weighted by atomic mass is 10.00. The Balaban J connectivity index is 1.75. The van der Waals surface area contributed by atoms with Crippen molar-refractivity contribution >= 4 is 11.7 Å². The van der Waals surface area contributed by atoms with Crippen LogP contribution in [0.15, 0.2) is 59.8 Å². The quantitative estimate of drug-likeness (QED) is 0.928. The standard InChI is InChI=1S/C16H13NO3/c18-16(19)13-8-6-11(7-9-13)14-10-15(20-17-14)12-4-2-1-3-5-12/h1-9,15H,10H2,(H,18,19). The molecule has 0 aliphatic carbocycles. The Labute approximate surface area is 116 Å². The van der Waals surface area contributed by atoms with E-state index in [4.69, 9.17) is 9.94 Å². The lowest BCUT2D eigenvalue weighted by Gasteiger charge is -2.07. The maximum absolute atomic E-state index is 10.8. The third kappa shape index (κ3) is 2.40. The fourth-order valence-electron chi connectivity index (χ4n) is 2.20. The van der Waals surface area contributed by atoms with Gasteiger partial charge >= 0.3 is 5.97 Å². The third-order valence-electron chi connectivity index (χ3n) is 3.31. The summed E-state index contributed by atoms with van der Waals surface area (Å²) in [7, 11) is 0. The summed E-state index contributed by atoms with van der Waals surface area (Å²) in [6, 6.07) is 16.6. The molecule has 1 aliphatic heterocycles. The molecule has 0 fully saturated rings. The largest absolute Gasteiger partial charge is 0.478 e. The highest BCUT2D eigenvalue weighted by Gasteiger charge is 2.23. The van der Waals surface area contributed by atoms with Crippen LogP contribution in [0.4, 0.5) is 0 Å². The molecule has 4 nitrogen and oxygen atoms in total. The van der Waals surface area contributed by atoms with Crippen molar-refractivity contribution in [3.05, 3.63) is 71.3 Å². The van der Waals surface area contributed by atoms with Crippen LogP contribution in [0.5, 0.6) is 0 Å². The van der Waals surface area contributed by atoms with E-state index in [-0.39, 0.29) is 11.7 Å². The van der Waals surface area contributed by atoms with E-state index in [9.17, 15) is 4.79 Å². The van der Waals surface area contributed by atoms with E-state index in [1.54, 1.807) is 24.3 Å². The molecule has 1 atom stereocenters. The normalized spacial score (nSPS) is 17.4. The summed E-state index contributed by atoms with van der Waals surface area (Å²) in [5.41, 5.74) is 3.10. The Morgan fingerprint density at radius 3 is 2.45 bits per heavy atom. The van der Waals surface area contributed by atoms with Crippen molar-refractivity contribution in [2.24, 2.45) is 5.16 Å². The summed E-state index contributed by atoms with van der Waals surface area (Å²) in [5.74, 6) is -0.927. The van der Waals surface area contributed by atoms with Gasteiger partial charge in [0.25, 0.3) is 0 Å². The van der Waals surface area contributed by atoms with Crippen molar-refractivity contribution in [1.29, 1.82) is 0 Å². The van der Waals surface area contributed by atoms with Crippen molar-refractivity contribution in [3.63, 3.8) is 0 Å². The van der Waals surface area contributed by atoms with Gasteiger partial charge in [0.15, 0.2) is 6.10 Å². The van der Waals surface area contributed by atoms with Crippen LogP contribution in [0.3, 0.4) is 0 Å². The maximum Gasteiger partial charge on any atom is 0.335 e. The number of rotatable bonds is 3. The second kappa shape index (κ2) is 5.17. The number of nitrogens with zero attached hydrogens (tertiary/aromatic N) is 1. The van der Waals surface area contributed by atoms with Crippen LogP contribution in [0.2, 0.25) is 0 Å². The number of carboxylic acid groups (broad SMARTS) is 1. The van der Waals surface area contributed by atoms with Crippen LogP contribution in [-0.4, -0.2) is 16.8 Å². The van der Waals surface area contributed by atoms with E-state index in [2.05, 4.69) is 5.16 Å². The van der Waals surface area contributed by atoms with Crippen LogP contribution in [0, 0.1) is 0 Å². The molecule has 0 amide bonds. The highest BCUT2D eigenvalue weighted by atomic mass is 16.6. The van der Waals surface area contributed by atoms with Gasteiger partial charge in [-0.05, 0) is 23.3 Å². The fraction of sp³-hybridized carbons (Fsp3) is 0.125. The molecule has 1 unspecified atom stereocenters. The molecule has 2 aromatic carbocycles. The molecule has 1 heterocycles. The number of aromatic carboxylic acids is 1. The van der Waals surface area contributed by atoms with Crippen molar-refractivity contribution < 1.29 is 14.7 Å². The number of hydrogen-bond acceptors (Lipinski definition) is 3. The van der Waals surface area contributed by atoms with Gasteiger partial charge in [-0.3, -0.25) is 0 Å². The van der Waals surface area contributed by atoms with Gasteiger partial charge in [-0.1, -0.05) is 47.6 Å². The number of hydrogen-bond donors (Lipinski definition) is 1. The smallest absolute Gasteiger partial charge is 0.335 e. The SMILES string of the molecule is O=C(O)c1ccc(C2=NOC(c3ccccc3)C2)cc1. The summed E-state index contributed by atoms with van der Waals surface area (Å²) in [6.45, 7) is 0. The second-order valence-electron chi connectivity index (χ2n) is 4.63. The molecule has 0 bridgehead atoms. The predicted octanol–water partition coefficient (Wildman–Crippen LogP) is 3.25. The van der Waals surface area contributed by atoms with E-state index in [0.29, 0.717) is 6.42 Å². The Morgan fingerprint density at radius 2 is 1.80 bits per heavy atom. The molecule has 0 spiro atoms. The van der Waals surface area contributed by atoms with Gasteiger partial charge in [-0.2, -0.15) is 0 Å². The molecule has 4 heteroatoms. The van der Waals surface area contributed by atoms with Crippen LogP contribution in [-0.2, 0) is 4.84 Å². The summed E-state index contributed by atoms with van der Waals surface area (Å²) in [6.07, 6.45) is 0.626. The Bertz CT molecular complexity index is 647. The van der Waals surface area contributed by atoms with Gasteiger partial charge in [-0.15, -0.1) is 0 Å². The van der Waals surface area contributed by atoms with Gasteiger partial charge in [-0.25, -0.2) is 4.79 Å². The summed E-state index contributed by atoms with van der Waals surface area (Å²) in [4.78, 5) is 16.3. The van der Waals surface area contributed by atoms with E-state index in [1.165, 1.54) is 0 Å². The number of carbonyl (C=O) groups is 1. The molecule has 0 saturated carbocycles. The Morgan fingerprint density at radius 1 is 1.10 bits per heavy atom. The predicted molar refractivity (Wildman–Crippen MR) is 74.8 cm³/mol. The molecule has 1 aliphatic rings. The maximum atomic E-state index is 10.8. The van der Waals surface area contributed by atoms with Crippen molar-refractivity contribution in [3.8, 4) is 0 Å². The van der Waals surface area contributed by atoms with E-state index in [1.807, 2.05) is 30.3 Å². The molecule has 0 saturated heterocycles. The van der Waals surface area contributed by atoms with E-state index >= 15 is 0 Å². The highest BCUT2D eigenvalue weighted by molar-refractivity contribution is 6.02. The van der Waals surface area contributed by atoms with Crippen LogP contribution < -0.4 is 0 Å². The first kappa shape index (κ1) is 12.4. The highest BCUT2D eigenvalue weighted by Crippen LogP contribution is 2.29. The van der Waals surface area contributed by atoms with Crippen molar-refractivity contribution in [2.75, 3.05) is 0 Å². The molecule has 3 rings (SSSR count). The first-order valence-corrected chi connectivity index (χ1v) is 6.35. The van der Waals surface area contributed by atoms with Crippen LogP contribution >= 0.6 is 0 Å². The second-order valence-corrected chi connectivity index (χ2v) is 4.63. The van der Waals surface area contributed by atoms with Gasteiger partial charge < -0.3 is 9.94 Å². The number of benzene rings is 2. The van der Waals surface area contributed by atoms with Crippen LogP contribution in [0.1, 0.15) is 34.0 Å². The molecular formula is C16H13NO3. The third-order valence-corrected chi connectivity index (χ3v) is 3.31. The lowest BCUT2D eigenvalue weighted by Crippen LogP contribution is -2.02. The summed E-state index contributed by atoms with van der Waals surface area (Å²) in [5, 5.41) is 13.0. The molecule has 20 heavy (non-hydrogen) atoms. The molecule has 0 aromatic heterocycles. The molecule has 2 aromatic rings. The van der Waals surface area contributed by atoms with E-state index < -0.39 is 5.97 Å².